The summed E-state index contributed by atoms with van der Waals surface area (Å²) in [6.45, 7) is 2.08. The molecule has 134 valence electrons. The second-order valence-electron chi connectivity index (χ2n) is 7.27. The van der Waals surface area contributed by atoms with Crippen LogP contribution in [0.15, 0.2) is 67.1 Å². The van der Waals surface area contributed by atoms with Gasteiger partial charge in [0, 0.05) is 40.0 Å². The largest absolute Gasteiger partial charge is 0.302 e. The molecule has 1 atom stereocenters. The van der Waals surface area contributed by atoms with E-state index in [4.69, 9.17) is 0 Å². The van der Waals surface area contributed by atoms with Crippen molar-refractivity contribution in [1.29, 1.82) is 0 Å². The smallest absolute Gasteiger partial charge is 0.0885 e. The lowest BCUT2D eigenvalue weighted by Crippen LogP contribution is -2.17. The van der Waals surface area contributed by atoms with Crippen LogP contribution in [0.4, 0.5) is 0 Å². The molecule has 4 aromatic rings. The quantitative estimate of drug-likeness (QED) is 0.477. The molecule has 3 heterocycles. The Morgan fingerprint density at radius 2 is 2.00 bits per heavy atom. The Morgan fingerprint density at radius 1 is 1.07 bits per heavy atom. The van der Waals surface area contributed by atoms with Crippen LogP contribution in [0.25, 0.3) is 21.3 Å². The van der Waals surface area contributed by atoms with Crippen molar-refractivity contribution in [3.63, 3.8) is 0 Å². The predicted molar refractivity (Wildman–Crippen MR) is 112 cm³/mol. The number of fused-ring (bicyclic) bond motifs is 2. The number of rotatable bonds is 2. The van der Waals surface area contributed by atoms with Gasteiger partial charge in [-0.05, 0) is 54.7 Å². The number of aromatic nitrogens is 2. The van der Waals surface area contributed by atoms with Crippen molar-refractivity contribution in [2.45, 2.75) is 18.9 Å². The van der Waals surface area contributed by atoms with E-state index in [1.165, 1.54) is 26.1 Å². The van der Waals surface area contributed by atoms with Crippen molar-refractivity contribution < 1.29 is 0 Å². The van der Waals surface area contributed by atoms with Gasteiger partial charge in [0.15, 0.2) is 0 Å². The molecule has 2 aromatic heterocycles. The molecular formula is C23H21N3S. The van der Waals surface area contributed by atoms with Gasteiger partial charge in [0.2, 0.25) is 0 Å². The third-order valence-electron chi connectivity index (χ3n) is 5.41. The first-order valence-electron chi connectivity index (χ1n) is 9.34. The van der Waals surface area contributed by atoms with Crippen molar-refractivity contribution in [1.82, 2.24) is 14.9 Å². The Morgan fingerprint density at radius 3 is 2.85 bits per heavy atom. The molecule has 0 spiro atoms. The number of thiophene rings is 1. The van der Waals surface area contributed by atoms with Crippen molar-refractivity contribution in [2.24, 2.45) is 0 Å². The highest BCUT2D eigenvalue weighted by Gasteiger charge is 2.24. The second kappa shape index (κ2) is 6.87. The van der Waals surface area contributed by atoms with Gasteiger partial charge < -0.3 is 4.90 Å². The fourth-order valence-electron chi connectivity index (χ4n) is 4.03. The van der Waals surface area contributed by atoms with E-state index in [0.717, 1.165) is 30.8 Å². The van der Waals surface area contributed by atoms with E-state index < -0.39 is 0 Å². The van der Waals surface area contributed by atoms with Gasteiger partial charge in [0.05, 0.1) is 11.9 Å². The first kappa shape index (κ1) is 16.6. The van der Waals surface area contributed by atoms with E-state index in [1.54, 1.807) is 12.4 Å². The summed E-state index contributed by atoms with van der Waals surface area (Å²) in [7, 11) is 2.21. The Kier molecular flexibility index (Phi) is 4.23. The number of hydrogen-bond donors (Lipinski definition) is 0. The topological polar surface area (TPSA) is 29.0 Å². The molecule has 0 amide bonds. The summed E-state index contributed by atoms with van der Waals surface area (Å²) in [6.07, 6.45) is 6.47. The molecule has 0 fully saturated rings. The van der Waals surface area contributed by atoms with Crippen LogP contribution in [-0.2, 0) is 6.54 Å². The molecule has 1 unspecified atom stereocenters. The highest BCUT2D eigenvalue weighted by atomic mass is 32.1. The Labute approximate surface area is 163 Å². The van der Waals surface area contributed by atoms with E-state index >= 15 is 0 Å². The normalized spacial score (nSPS) is 17.6. The van der Waals surface area contributed by atoms with E-state index in [-0.39, 0.29) is 0 Å². The van der Waals surface area contributed by atoms with Gasteiger partial charge in [0.1, 0.15) is 0 Å². The van der Waals surface area contributed by atoms with Crippen LogP contribution < -0.4 is 0 Å². The average Bonchev–Trinajstić information content (AvgIpc) is 3.06. The van der Waals surface area contributed by atoms with Crippen molar-refractivity contribution in [3.05, 3.63) is 83.1 Å². The van der Waals surface area contributed by atoms with Gasteiger partial charge in [-0.15, -0.1) is 11.3 Å². The SMILES string of the molecule is CN1CCC(c2cc3ccccc3s2)c2ccc(-c3cnccn3)cc2C1. The zero-order valence-electron chi connectivity index (χ0n) is 15.3. The highest BCUT2D eigenvalue weighted by molar-refractivity contribution is 7.19. The monoisotopic (exact) mass is 371 g/mol. The number of benzene rings is 2. The molecule has 0 bridgehead atoms. The van der Waals surface area contributed by atoms with Crippen LogP contribution in [0.1, 0.15) is 28.3 Å². The van der Waals surface area contributed by atoms with Crippen molar-refractivity contribution in [2.75, 3.05) is 13.6 Å². The van der Waals surface area contributed by atoms with E-state index in [2.05, 4.69) is 70.4 Å². The zero-order chi connectivity index (χ0) is 18.2. The first-order chi connectivity index (χ1) is 13.3. The highest BCUT2D eigenvalue weighted by Crippen LogP contribution is 2.40. The van der Waals surface area contributed by atoms with E-state index in [0.29, 0.717) is 5.92 Å². The molecule has 1 aliphatic rings. The fourth-order valence-corrected chi connectivity index (χ4v) is 5.25. The third-order valence-corrected chi connectivity index (χ3v) is 6.63. The maximum Gasteiger partial charge on any atom is 0.0885 e. The molecule has 0 saturated heterocycles. The van der Waals surface area contributed by atoms with E-state index in [9.17, 15) is 0 Å². The Bertz CT molecular complexity index is 1050. The molecule has 0 N–H and O–H groups in total. The van der Waals surface area contributed by atoms with Gasteiger partial charge in [-0.3, -0.25) is 9.97 Å². The van der Waals surface area contributed by atoms with Crippen molar-refractivity contribution >= 4 is 21.4 Å². The van der Waals surface area contributed by atoms with Crippen LogP contribution in [-0.4, -0.2) is 28.5 Å². The number of nitrogens with zero attached hydrogens (tertiary/aromatic N) is 3. The summed E-state index contributed by atoms with van der Waals surface area (Å²) in [6, 6.07) is 17.9. The summed E-state index contributed by atoms with van der Waals surface area (Å²) in [5, 5.41) is 1.35. The minimum atomic E-state index is 0.457. The summed E-state index contributed by atoms with van der Waals surface area (Å²) >= 11 is 1.94. The minimum absolute atomic E-state index is 0.457. The molecule has 1 aliphatic heterocycles. The van der Waals surface area contributed by atoms with Crippen LogP contribution in [0.5, 0.6) is 0 Å². The van der Waals surface area contributed by atoms with E-state index in [1.807, 2.05) is 17.5 Å². The molecule has 0 radical (unpaired) electrons. The lowest BCUT2D eigenvalue weighted by molar-refractivity contribution is 0.328. The molecule has 5 rings (SSSR count). The Hall–Kier alpha value is -2.56. The zero-order valence-corrected chi connectivity index (χ0v) is 16.1. The summed E-state index contributed by atoms with van der Waals surface area (Å²) in [5.41, 5.74) is 4.94. The predicted octanol–water partition coefficient (Wildman–Crippen LogP) is 5.33. The first-order valence-corrected chi connectivity index (χ1v) is 10.2. The Balaban J connectivity index is 1.61. The summed E-state index contributed by atoms with van der Waals surface area (Å²) in [4.78, 5) is 12.6. The van der Waals surface area contributed by atoms with Crippen LogP contribution >= 0.6 is 11.3 Å². The molecule has 2 aromatic carbocycles. The van der Waals surface area contributed by atoms with Crippen LogP contribution in [0.2, 0.25) is 0 Å². The lowest BCUT2D eigenvalue weighted by Gasteiger charge is -2.16. The van der Waals surface area contributed by atoms with Gasteiger partial charge in [-0.1, -0.05) is 30.3 Å². The standard InChI is InChI=1S/C23H21N3S/c1-26-11-8-20(23-13-17-4-2-3-5-22(17)27-23)19-7-6-16(12-18(19)15-26)21-14-24-9-10-25-21/h2-7,9-10,12-14,20H,8,11,15H2,1H3. The maximum atomic E-state index is 4.47. The van der Waals surface area contributed by atoms with Crippen LogP contribution in [0, 0.1) is 0 Å². The second-order valence-corrected chi connectivity index (χ2v) is 8.39. The van der Waals surface area contributed by atoms with Crippen LogP contribution in [0.3, 0.4) is 0 Å². The molecule has 3 nitrogen and oxygen atoms in total. The lowest BCUT2D eigenvalue weighted by atomic mass is 9.89. The molecule has 4 heteroatoms. The average molecular weight is 372 g/mol. The van der Waals surface area contributed by atoms with Gasteiger partial charge in [0.25, 0.3) is 0 Å². The van der Waals surface area contributed by atoms with Crippen molar-refractivity contribution in [3.8, 4) is 11.3 Å². The molecule has 0 saturated carbocycles. The summed E-state index contributed by atoms with van der Waals surface area (Å²) < 4.78 is 1.38. The van der Waals surface area contributed by atoms with Gasteiger partial charge in [-0.25, -0.2) is 0 Å². The third kappa shape index (κ3) is 3.15. The molecular weight excluding hydrogens is 350 g/mol. The van der Waals surface area contributed by atoms with Gasteiger partial charge in [-0.2, -0.15) is 0 Å². The maximum absolute atomic E-state index is 4.47. The molecule has 27 heavy (non-hydrogen) atoms. The fraction of sp³-hybridized carbons (Fsp3) is 0.217. The van der Waals surface area contributed by atoms with Gasteiger partial charge >= 0.3 is 0 Å². The summed E-state index contributed by atoms with van der Waals surface area (Å²) in [5.74, 6) is 0.457. The number of hydrogen-bond acceptors (Lipinski definition) is 4. The molecule has 0 aliphatic carbocycles. The minimum Gasteiger partial charge on any atom is -0.302 e.